The highest BCUT2D eigenvalue weighted by atomic mass is 19.1. The van der Waals surface area contributed by atoms with Gasteiger partial charge >= 0.3 is 0 Å². The Morgan fingerprint density at radius 2 is 1.85 bits per heavy atom. The van der Waals surface area contributed by atoms with Crippen molar-refractivity contribution < 1.29 is 9.18 Å². The quantitative estimate of drug-likeness (QED) is 0.846. The summed E-state index contributed by atoms with van der Waals surface area (Å²) in [5, 5.41) is 0. The molecule has 0 unspecified atom stereocenters. The third-order valence-electron chi connectivity index (χ3n) is 3.37. The van der Waals surface area contributed by atoms with Gasteiger partial charge in [0.25, 0.3) is 0 Å². The lowest BCUT2D eigenvalue weighted by Crippen LogP contribution is -2.06. The Bertz CT molecular complexity index is 605. The predicted molar refractivity (Wildman–Crippen MR) is 79.0 cm³/mol. The van der Waals surface area contributed by atoms with E-state index in [-0.39, 0.29) is 11.6 Å². The number of aryl methyl sites for hydroxylation is 2. The standard InChI is InChI=1S/C17H18FNO/c1-12-2-6-15(18)10-14(12)11-17(20)9-5-13-3-7-16(19)8-4-13/h2-4,6-8,10H,5,9,11,19H2,1H3. The Hall–Kier alpha value is -2.16. The zero-order chi connectivity index (χ0) is 14.5. The first-order valence-corrected chi connectivity index (χ1v) is 6.66. The number of Topliss-reactive ketones (excluding diaryl/α,β-unsaturated/α-hetero) is 1. The van der Waals surface area contributed by atoms with Gasteiger partial charge in [-0.05, 0) is 54.3 Å². The van der Waals surface area contributed by atoms with Crippen LogP contribution >= 0.6 is 0 Å². The molecule has 20 heavy (non-hydrogen) atoms. The maximum Gasteiger partial charge on any atom is 0.137 e. The van der Waals surface area contributed by atoms with Crippen molar-refractivity contribution in [1.29, 1.82) is 0 Å². The molecule has 0 aromatic heterocycles. The zero-order valence-corrected chi connectivity index (χ0v) is 11.5. The second-order valence-electron chi connectivity index (χ2n) is 5.03. The Balaban J connectivity index is 1.92. The molecule has 0 aliphatic carbocycles. The van der Waals surface area contributed by atoms with Crippen LogP contribution in [-0.2, 0) is 17.6 Å². The van der Waals surface area contributed by atoms with Gasteiger partial charge in [-0.1, -0.05) is 18.2 Å². The van der Waals surface area contributed by atoms with E-state index in [2.05, 4.69) is 0 Å². The fourth-order valence-corrected chi connectivity index (χ4v) is 2.10. The van der Waals surface area contributed by atoms with Crippen LogP contribution in [-0.4, -0.2) is 5.78 Å². The normalized spacial score (nSPS) is 10.5. The van der Waals surface area contributed by atoms with E-state index in [9.17, 15) is 9.18 Å². The van der Waals surface area contributed by atoms with Crippen LogP contribution in [0.1, 0.15) is 23.1 Å². The van der Waals surface area contributed by atoms with Crippen LogP contribution in [0.4, 0.5) is 10.1 Å². The molecule has 0 aliphatic heterocycles. The lowest BCUT2D eigenvalue weighted by molar-refractivity contribution is -0.118. The first-order valence-electron chi connectivity index (χ1n) is 6.66. The molecule has 2 rings (SSSR count). The van der Waals surface area contributed by atoms with E-state index >= 15 is 0 Å². The zero-order valence-electron chi connectivity index (χ0n) is 11.5. The third kappa shape index (κ3) is 3.92. The molecule has 2 N–H and O–H groups in total. The summed E-state index contributed by atoms with van der Waals surface area (Å²) in [6, 6.07) is 12.1. The molecule has 0 saturated carbocycles. The van der Waals surface area contributed by atoms with Gasteiger partial charge in [0.15, 0.2) is 0 Å². The second-order valence-corrected chi connectivity index (χ2v) is 5.03. The fraction of sp³-hybridized carbons (Fsp3) is 0.235. The maximum atomic E-state index is 13.2. The summed E-state index contributed by atoms with van der Waals surface area (Å²) in [7, 11) is 0. The first-order chi connectivity index (χ1) is 9.54. The summed E-state index contributed by atoms with van der Waals surface area (Å²) in [5.74, 6) is -0.174. The smallest absolute Gasteiger partial charge is 0.137 e. The summed E-state index contributed by atoms with van der Waals surface area (Å²) in [4.78, 5) is 12.0. The third-order valence-corrected chi connectivity index (χ3v) is 3.37. The Morgan fingerprint density at radius 1 is 1.15 bits per heavy atom. The van der Waals surface area contributed by atoms with Gasteiger partial charge in [-0.15, -0.1) is 0 Å². The lowest BCUT2D eigenvalue weighted by atomic mass is 9.99. The minimum absolute atomic E-state index is 0.121. The van der Waals surface area contributed by atoms with Gasteiger partial charge < -0.3 is 5.73 Å². The number of anilines is 1. The molecule has 0 saturated heterocycles. The first kappa shape index (κ1) is 14.3. The number of rotatable bonds is 5. The van der Waals surface area contributed by atoms with Gasteiger partial charge in [-0.25, -0.2) is 4.39 Å². The molecule has 2 aromatic rings. The number of benzene rings is 2. The number of carbonyl (C=O) groups is 1. The highest BCUT2D eigenvalue weighted by Gasteiger charge is 2.08. The number of ketones is 1. The van der Waals surface area contributed by atoms with Crippen molar-refractivity contribution in [3.63, 3.8) is 0 Å². The number of hydrogen-bond acceptors (Lipinski definition) is 2. The SMILES string of the molecule is Cc1ccc(F)cc1CC(=O)CCc1ccc(N)cc1. The maximum absolute atomic E-state index is 13.2. The summed E-state index contributed by atoms with van der Waals surface area (Å²) in [6.45, 7) is 1.89. The number of nitrogens with two attached hydrogens (primary N) is 1. The van der Waals surface area contributed by atoms with Crippen molar-refractivity contribution in [3.8, 4) is 0 Å². The highest BCUT2D eigenvalue weighted by Crippen LogP contribution is 2.13. The molecule has 0 fully saturated rings. The van der Waals surface area contributed by atoms with E-state index in [0.29, 0.717) is 19.3 Å². The van der Waals surface area contributed by atoms with E-state index in [0.717, 1.165) is 22.4 Å². The van der Waals surface area contributed by atoms with Gasteiger partial charge in [0.05, 0.1) is 0 Å². The monoisotopic (exact) mass is 271 g/mol. The van der Waals surface area contributed by atoms with E-state index in [1.165, 1.54) is 12.1 Å². The van der Waals surface area contributed by atoms with E-state index < -0.39 is 0 Å². The molecular weight excluding hydrogens is 253 g/mol. The average Bonchev–Trinajstić information content (AvgIpc) is 2.42. The Labute approximate surface area is 118 Å². The van der Waals surface area contributed by atoms with Gasteiger partial charge in [-0.3, -0.25) is 4.79 Å². The fourth-order valence-electron chi connectivity index (χ4n) is 2.10. The largest absolute Gasteiger partial charge is 0.399 e. The molecule has 0 radical (unpaired) electrons. The summed E-state index contributed by atoms with van der Waals surface area (Å²) < 4.78 is 13.2. The van der Waals surface area contributed by atoms with Crippen molar-refractivity contribution >= 4 is 11.5 Å². The van der Waals surface area contributed by atoms with Crippen LogP contribution in [0.15, 0.2) is 42.5 Å². The van der Waals surface area contributed by atoms with E-state index in [4.69, 9.17) is 5.73 Å². The topological polar surface area (TPSA) is 43.1 Å². The number of hydrogen-bond donors (Lipinski definition) is 1. The average molecular weight is 271 g/mol. The van der Waals surface area contributed by atoms with Crippen LogP contribution in [0.2, 0.25) is 0 Å². The number of halogens is 1. The van der Waals surface area contributed by atoms with Gasteiger partial charge in [0, 0.05) is 18.5 Å². The molecule has 0 bridgehead atoms. The predicted octanol–water partition coefficient (Wildman–Crippen LogP) is 3.46. The van der Waals surface area contributed by atoms with Crippen LogP contribution in [0, 0.1) is 12.7 Å². The lowest BCUT2D eigenvalue weighted by Gasteiger charge is -2.06. The second kappa shape index (κ2) is 6.33. The van der Waals surface area contributed by atoms with Crippen LogP contribution in [0.25, 0.3) is 0 Å². The minimum Gasteiger partial charge on any atom is -0.399 e. The van der Waals surface area contributed by atoms with Crippen molar-refractivity contribution in [2.75, 3.05) is 5.73 Å². The molecule has 3 heteroatoms. The molecule has 0 heterocycles. The molecular formula is C17H18FNO. The summed E-state index contributed by atoms with van der Waals surface area (Å²) in [6.07, 6.45) is 1.44. The van der Waals surface area contributed by atoms with E-state index in [1.54, 1.807) is 6.07 Å². The van der Waals surface area contributed by atoms with Gasteiger partial charge in [-0.2, -0.15) is 0 Å². The molecule has 104 valence electrons. The molecule has 2 aromatic carbocycles. The van der Waals surface area contributed by atoms with Gasteiger partial charge in [0.2, 0.25) is 0 Å². The molecule has 2 nitrogen and oxygen atoms in total. The van der Waals surface area contributed by atoms with Crippen LogP contribution < -0.4 is 5.73 Å². The number of carbonyl (C=O) groups excluding carboxylic acids is 1. The molecule has 0 spiro atoms. The Kier molecular flexibility index (Phi) is 4.51. The Morgan fingerprint density at radius 3 is 2.55 bits per heavy atom. The van der Waals surface area contributed by atoms with Gasteiger partial charge in [0.1, 0.15) is 11.6 Å². The molecule has 0 atom stereocenters. The van der Waals surface area contributed by atoms with Crippen LogP contribution in [0.5, 0.6) is 0 Å². The highest BCUT2D eigenvalue weighted by molar-refractivity contribution is 5.81. The van der Waals surface area contributed by atoms with Crippen molar-refractivity contribution in [1.82, 2.24) is 0 Å². The summed E-state index contributed by atoms with van der Waals surface area (Å²) >= 11 is 0. The summed E-state index contributed by atoms with van der Waals surface area (Å²) in [5.41, 5.74) is 9.14. The minimum atomic E-state index is -0.295. The molecule has 0 aliphatic rings. The van der Waals surface area contributed by atoms with Crippen molar-refractivity contribution in [3.05, 3.63) is 65.0 Å². The van der Waals surface area contributed by atoms with Crippen molar-refractivity contribution in [2.24, 2.45) is 0 Å². The van der Waals surface area contributed by atoms with Crippen LogP contribution in [0.3, 0.4) is 0 Å². The van der Waals surface area contributed by atoms with E-state index in [1.807, 2.05) is 31.2 Å². The number of nitrogen functional groups attached to an aromatic ring is 1. The van der Waals surface area contributed by atoms with Crippen molar-refractivity contribution in [2.45, 2.75) is 26.2 Å². The molecule has 0 amide bonds.